The van der Waals surface area contributed by atoms with Gasteiger partial charge in [-0.1, -0.05) is 18.2 Å². The second kappa shape index (κ2) is 7.28. The van der Waals surface area contributed by atoms with Crippen LogP contribution in [0.1, 0.15) is 15.9 Å². The van der Waals surface area contributed by atoms with E-state index in [4.69, 9.17) is 5.26 Å². The van der Waals surface area contributed by atoms with Gasteiger partial charge in [0.2, 0.25) is 0 Å². The summed E-state index contributed by atoms with van der Waals surface area (Å²) in [6.07, 6.45) is 0. The summed E-state index contributed by atoms with van der Waals surface area (Å²) in [5.74, 6) is -0.0877. The van der Waals surface area contributed by atoms with E-state index in [1.165, 1.54) is 18.7 Å². The standard InChI is InChI=1S/C16H17N5O3/c1-20-13(12(10-17)15(23)21(2)16(20)24)18-8-9-19-14(22)11-6-4-3-5-7-11/h3-7,18H,8-9H2,1-2H3,(H,19,22). The Labute approximate surface area is 138 Å². The molecule has 0 unspecified atom stereocenters. The lowest BCUT2D eigenvalue weighted by Crippen LogP contribution is -2.40. The van der Waals surface area contributed by atoms with E-state index in [1.54, 1.807) is 30.3 Å². The largest absolute Gasteiger partial charge is 0.368 e. The maximum Gasteiger partial charge on any atom is 0.332 e. The highest BCUT2D eigenvalue weighted by Gasteiger charge is 2.14. The zero-order valence-corrected chi connectivity index (χ0v) is 13.4. The van der Waals surface area contributed by atoms with Gasteiger partial charge in [0.15, 0.2) is 5.56 Å². The van der Waals surface area contributed by atoms with E-state index in [9.17, 15) is 14.4 Å². The number of carbonyl (C=O) groups is 1. The van der Waals surface area contributed by atoms with Crippen LogP contribution < -0.4 is 21.9 Å². The molecule has 1 heterocycles. The topological polar surface area (TPSA) is 109 Å². The Hall–Kier alpha value is -3.34. The summed E-state index contributed by atoms with van der Waals surface area (Å²) in [4.78, 5) is 35.7. The number of nitriles is 1. The molecule has 0 radical (unpaired) electrons. The summed E-state index contributed by atoms with van der Waals surface area (Å²) >= 11 is 0. The minimum atomic E-state index is -0.656. The van der Waals surface area contributed by atoms with Crippen LogP contribution in [0.4, 0.5) is 5.82 Å². The molecule has 1 amide bonds. The first-order valence-corrected chi connectivity index (χ1v) is 7.24. The third-order valence-electron chi connectivity index (χ3n) is 3.52. The molecule has 2 aromatic rings. The van der Waals surface area contributed by atoms with Crippen LogP contribution in [-0.2, 0) is 14.1 Å². The third-order valence-corrected chi connectivity index (χ3v) is 3.52. The molecule has 0 saturated heterocycles. The van der Waals surface area contributed by atoms with Crippen molar-refractivity contribution in [2.75, 3.05) is 18.4 Å². The van der Waals surface area contributed by atoms with Crippen molar-refractivity contribution in [2.45, 2.75) is 0 Å². The van der Waals surface area contributed by atoms with Crippen LogP contribution in [0.15, 0.2) is 39.9 Å². The minimum Gasteiger partial charge on any atom is -0.368 e. The monoisotopic (exact) mass is 327 g/mol. The molecule has 1 aromatic carbocycles. The third kappa shape index (κ3) is 3.35. The number of aromatic nitrogens is 2. The predicted octanol–water partition coefficient (Wildman–Crippen LogP) is -0.202. The van der Waals surface area contributed by atoms with Crippen LogP contribution in [0.25, 0.3) is 0 Å². The molecule has 24 heavy (non-hydrogen) atoms. The summed E-state index contributed by atoms with van der Waals surface area (Å²) < 4.78 is 2.07. The van der Waals surface area contributed by atoms with E-state index < -0.39 is 11.2 Å². The molecule has 8 nitrogen and oxygen atoms in total. The fraction of sp³-hybridized carbons (Fsp3) is 0.250. The smallest absolute Gasteiger partial charge is 0.332 e. The van der Waals surface area contributed by atoms with Crippen LogP contribution >= 0.6 is 0 Å². The zero-order valence-electron chi connectivity index (χ0n) is 13.4. The van der Waals surface area contributed by atoms with Gasteiger partial charge in [0.1, 0.15) is 11.9 Å². The number of carbonyl (C=O) groups excluding carboxylic acids is 1. The van der Waals surface area contributed by atoms with Gasteiger partial charge in [-0.15, -0.1) is 0 Å². The van der Waals surface area contributed by atoms with Crippen molar-refractivity contribution in [1.82, 2.24) is 14.5 Å². The lowest BCUT2D eigenvalue weighted by molar-refractivity contribution is 0.0955. The SMILES string of the molecule is Cn1c(NCCNC(=O)c2ccccc2)c(C#N)c(=O)n(C)c1=O. The van der Waals surface area contributed by atoms with E-state index >= 15 is 0 Å². The summed E-state index contributed by atoms with van der Waals surface area (Å²) in [5, 5.41) is 14.7. The number of amides is 1. The quantitative estimate of drug-likeness (QED) is 0.739. The number of rotatable bonds is 5. The van der Waals surface area contributed by atoms with Crippen molar-refractivity contribution in [3.05, 3.63) is 62.3 Å². The number of nitrogens with zero attached hydrogens (tertiary/aromatic N) is 3. The first kappa shape index (κ1) is 17.0. The number of nitrogens with one attached hydrogen (secondary N) is 2. The zero-order chi connectivity index (χ0) is 17.7. The van der Waals surface area contributed by atoms with Crippen molar-refractivity contribution in [3.8, 4) is 6.07 Å². The Kier molecular flexibility index (Phi) is 5.16. The van der Waals surface area contributed by atoms with E-state index in [-0.39, 0.29) is 30.4 Å². The highest BCUT2D eigenvalue weighted by atomic mass is 16.2. The van der Waals surface area contributed by atoms with E-state index in [0.717, 1.165) is 4.57 Å². The molecule has 1 aromatic heterocycles. The minimum absolute atomic E-state index is 0.138. The van der Waals surface area contributed by atoms with Gasteiger partial charge < -0.3 is 10.6 Å². The van der Waals surface area contributed by atoms with Crippen LogP contribution in [0.3, 0.4) is 0 Å². The average Bonchev–Trinajstić information content (AvgIpc) is 2.61. The van der Waals surface area contributed by atoms with Crippen molar-refractivity contribution >= 4 is 11.7 Å². The van der Waals surface area contributed by atoms with Gasteiger partial charge >= 0.3 is 5.69 Å². The second-order valence-corrected chi connectivity index (χ2v) is 5.09. The Morgan fingerprint density at radius 2 is 1.79 bits per heavy atom. The van der Waals surface area contributed by atoms with Gasteiger partial charge in [-0.3, -0.25) is 18.7 Å². The van der Waals surface area contributed by atoms with E-state index in [1.807, 2.05) is 6.07 Å². The molecule has 0 aliphatic carbocycles. The Morgan fingerprint density at radius 1 is 1.12 bits per heavy atom. The lowest BCUT2D eigenvalue weighted by atomic mass is 10.2. The molecule has 0 spiro atoms. The van der Waals surface area contributed by atoms with Gasteiger partial charge in [0.05, 0.1) is 0 Å². The number of hydrogen-bond donors (Lipinski definition) is 2. The molecule has 0 atom stereocenters. The van der Waals surface area contributed by atoms with Crippen molar-refractivity contribution in [1.29, 1.82) is 5.26 Å². The second-order valence-electron chi connectivity index (χ2n) is 5.09. The van der Waals surface area contributed by atoms with Crippen LogP contribution in [0.2, 0.25) is 0 Å². The Balaban J connectivity index is 2.06. The van der Waals surface area contributed by atoms with Gasteiger partial charge in [0, 0.05) is 32.7 Å². The van der Waals surface area contributed by atoms with Crippen molar-refractivity contribution in [2.24, 2.45) is 14.1 Å². The maximum atomic E-state index is 11.9. The Bertz CT molecular complexity index is 906. The first-order chi connectivity index (χ1) is 11.5. The first-order valence-electron chi connectivity index (χ1n) is 7.24. The molecule has 124 valence electrons. The number of benzene rings is 1. The van der Waals surface area contributed by atoms with Crippen LogP contribution in [0.5, 0.6) is 0 Å². The van der Waals surface area contributed by atoms with Crippen LogP contribution in [0, 0.1) is 11.3 Å². The lowest BCUT2D eigenvalue weighted by Gasteiger charge is -2.13. The summed E-state index contributed by atoms with van der Waals surface area (Å²) in [7, 11) is 2.78. The average molecular weight is 327 g/mol. The van der Waals surface area contributed by atoms with Gasteiger partial charge in [-0.25, -0.2) is 4.79 Å². The van der Waals surface area contributed by atoms with Crippen LogP contribution in [-0.4, -0.2) is 28.1 Å². The molecule has 0 aliphatic rings. The molecular formula is C16H17N5O3. The van der Waals surface area contributed by atoms with Gasteiger partial charge in [-0.05, 0) is 12.1 Å². The highest BCUT2D eigenvalue weighted by molar-refractivity contribution is 5.94. The van der Waals surface area contributed by atoms with Crippen molar-refractivity contribution in [3.63, 3.8) is 0 Å². The summed E-state index contributed by atoms with van der Waals surface area (Å²) in [6.45, 7) is 0.524. The predicted molar refractivity (Wildman–Crippen MR) is 88.9 cm³/mol. The summed E-state index contributed by atoms with van der Waals surface area (Å²) in [5.41, 5.74) is -0.795. The fourth-order valence-electron chi connectivity index (χ4n) is 2.20. The molecular weight excluding hydrogens is 310 g/mol. The van der Waals surface area contributed by atoms with E-state index in [2.05, 4.69) is 10.6 Å². The fourth-order valence-corrected chi connectivity index (χ4v) is 2.20. The van der Waals surface area contributed by atoms with Gasteiger partial charge in [0.25, 0.3) is 11.5 Å². The highest BCUT2D eigenvalue weighted by Crippen LogP contribution is 2.06. The Morgan fingerprint density at radius 3 is 2.42 bits per heavy atom. The molecule has 8 heteroatoms. The molecule has 2 rings (SSSR count). The van der Waals surface area contributed by atoms with Gasteiger partial charge in [-0.2, -0.15) is 5.26 Å². The van der Waals surface area contributed by atoms with E-state index in [0.29, 0.717) is 5.56 Å². The normalized spacial score (nSPS) is 10.0. The maximum absolute atomic E-state index is 11.9. The molecule has 0 saturated carbocycles. The number of hydrogen-bond acceptors (Lipinski definition) is 5. The molecule has 2 N–H and O–H groups in total. The molecule has 0 bridgehead atoms. The molecule has 0 aliphatic heterocycles. The summed E-state index contributed by atoms with van der Waals surface area (Å²) in [6, 6.07) is 10.5. The van der Waals surface area contributed by atoms with Crippen molar-refractivity contribution < 1.29 is 4.79 Å². The molecule has 0 fully saturated rings. The number of anilines is 1.